The van der Waals surface area contributed by atoms with Gasteiger partial charge in [0.2, 0.25) is 6.05 Å². The molecule has 1 unspecified atom stereocenters. The van der Waals surface area contributed by atoms with Crippen molar-refractivity contribution in [2.75, 3.05) is 0 Å². The van der Waals surface area contributed by atoms with Gasteiger partial charge in [-0.15, -0.1) is 0 Å². The first kappa shape index (κ1) is 12.2. The molecule has 0 N–H and O–H groups in total. The summed E-state index contributed by atoms with van der Waals surface area (Å²) in [4.78, 5) is 0. The van der Waals surface area contributed by atoms with Gasteiger partial charge in [-0.3, -0.25) is 0 Å². The Morgan fingerprint density at radius 1 is 1.07 bits per heavy atom. The van der Waals surface area contributed by atoms with Gasteiger partial charge in [0.05, 0.1) is 0 Å². The van der Waals surface area contributed by atoms with Crippen molar-refractivity contribution in [2.45, 2.75) is 18.4 Å². The predicted molar refractivity (Wildman–Crippen MR) is 49.8 cm³/mol. The molecule has 1 rings (SSSR count). The van der Waals surface area contributed by atoms with E-state index in [0.29, 0.717) is 6.55 Å². The van der Waals surface area contributed by atoms with Crippen LogP contribution >= 0.6 is 0 Å². The third-order valence-electron chi connectivity index (χ3n) is 2.40. The van der Waals surface area contributed by atoms with Gasteiger partial charge in [0.15, 0.2) is 0 Å². The molecule has 84 valence electrons. The summed E-state index contributed by atoms with van der Waals surface area (Å²) in [6.45, 7) is 0.646. The molecule has 0 saturated carbocycles. The first-order valence-electron chi connectivity index (χ1n) is 4.20. The Balaban J connectivity index is 3.26. The van der Waals surface area contributed by atoms with E-state index in [1.807, 2.05) is 0 Å². The summed E-state index contributed by atoms with van der Waals surface area (Å²) in [7, 11) is -4.74. The summed E-state index contributed by atoms with van der Waals surface area (Å²) in [5.41, 5.74) is 0. The number of rotatable bonds is 2. The van der Waals surface area contributed by atoms with Gasteiger partial charge in [-0.1, -0.05) is 36.9 Å². The molecule has 0 heterocycles. The van der Waals surface area contributed by atoms with Gasteiger partial charge in [-0.25, -0.2) is 8.78 Å². The fourth-order valence-corrected chi connectivity index (χ4v) is 2.91. The van der Waals surface area contributed by atoms with Gasteiger partial charge in [0.25, 0.3) is 8.07 Å². The molecule has 0 saturated heterocycles. The summed E-state index contributed by atoms with van der Waals surface area (Å²) < 4.78 is 63.1. The van der Waals surface area contributed by atoms with Crippen LogP contribution in [0.2, 0.25) is 6.55 Å². The number of hydrogen-bond acceptors (Lipinski definition) is 0. The Bertz CT molecular complexity index is 321. The second kappa shape index (κ2) is 3.92. The fourth-order valence-electron chi connectivity index (χ4n) is 1.20. The molecule has 1 aromatic carbocycles. The van der Waals surface area contributed by atoms with E-state index in [2.05, 4.69) is 0 Å². The zero-order chi connectivity index (χ0) is 11.7. The van der Waals surface area contributed by atoms with E-state index in [1.54, 1.807) is 0 Å². The van der Waals surface area contributed by atoms with Crippen LogP contribution in [-0.2, 0) is 0 Å². The molecule has 6 heteroatoms. The number of benzene rings is 1. The van der Waals surface area contributed by atoms with Crippen LogP contribution in [0.5, 0.6) is 0 Å². The van der Waals surface area contributed by atoms with Crippen LogP contribution in [0.3, 0.4) is 0 Å². The summed E-state index contributed by atoms with van der Waals surface area (Å²) in [6, 6.07) is 3.07. The topological polar surface area (TPSA) is 0 Å². The molecule has 0 aliphatic heterocycles. The first-order chi connectivity index (χ1) is 6.80. The summed E-state index contributed by atoms with van der Waals surface area (Å²) in [6.07, 6.45) is 0. The second-order valence-corrected chi connectivity index (χ2v) is 7.35. The molecule has 0 radical (unpaired) electrons. The predicted octanol–water partition coefficient (Wildman–Crippen LogP) is 2.88. The molecular formula is C9H9F5Si. The minimum absolute atomic E-state index is 0.285. The van der Waals surface area contributed by atoms with E-state index < -0.39 is 19.9 Å². The summed E-state index contributed by atoms with van der Waals surface area (Å²) in [5, 5.41) is -0.285. The zero-order valence-corrected chi connectivity index (χ0v) is 8.85. The maximum absolute atomic E-state index is 12.6. The molecule has 0 aliphatic carbocycles. The van der Waals surface area contributed by atoms with E-state index in [4.69, 9.17) is 0 Å². The van der Waals surface area contributed by atoms with Crippen molar-refractivity contribution >= 4 is 13.3 Å². The summed E-state index contributed by atoms with van der Waals surface area (Å²) in [5.74, 6) is -4.83. The molecular weight excluding hydrogens is 231 g/mol. The van der Waals surface area contributed by atoms with Crippen molar-refractivity contribution in [3.8, 4) is 0 Å². The normalized spacial score (nSPS) is 16.5. The number of halogens is 5. The molecule has 0 fully saturated rings. The average molecular weight is 240 g/mol. The van der Waals surface area contributed by atoms with Gasteiger partial charge in [-0.2, -0.15) is 13.2 Å². The van der Waals surface area contributed by atoms with Crippen molar-refractivity contribution in [1.29, 1.82) is 0 Å². The third-order valence-corrected chi connectivity index (χ3v) is 5.98. The second-order valence-electron chi connectivity index (χ2n) is 3.37. The lowest BCUT2D eigenvalue weighted by Crippen LogP contribution is -2.63. The third kappa shape index (κ3) is 2.04. The molecule has 0 aromatic heterocycles. The van der Waals surface area contributed by atoms with E-state index in [1.165, 1.54) is 18.2 Å². The van der Waals surface area contributed by atoms with Crippen molar-refractivity contribution in [3.63, 3.8) is 0 Å². The quantitative estimate of drug-likeness (QED) is 0.551. The van der Waals surface area contributed by atoms with E-state index in [0.717, 1.165) is 12.1 Å². The van der Waals surface area contributed by atoms with Crippen molar-refractivity contribution in [1.82, 2.24) is 0 Å². The Morgan fingerprint density at radius 2 is 1.53 bits per heavy atom. The highest BCUT2D eigenvalue weighted by Crippen LogP contribution is 2.32. The molecule has 15 heavy (non-hydrogen) atoms. The SMILES string of the molecule is C[Si](c1ccccc1)(C(F)F)C(F)(F)F. The van der Waals surface area contributed by atoms with E-state index in [-0.39, 0.29) is 5.19 Å². The highest BCUT2D eigenvalue weighted by atomic mass is 28.3. The lowest BCUT2D eigenvalue weighted by atomic mass is 10.4. The van der Waals surface area contributed by atoms with Crippen molar-refractivity contribution in [3.05, 3.63) is 30.3 Å². The van der Waals surface area contributed by atoms with Crippen LogP contribution in [0.4, 0.5) is 22.0 Å². The van der Waals surface area contributed by atoms with E-state index in [9.17, 15) is 22.0 Å². The molecule has 0 spiro atoms. The maximum Gasteiger partial charge on any atom is 0.372 e. The highest BCUT2D eigenvalue weighted by molar-refractivity contribution is 6.93. The van der Waals surface area contributed by atoms with Gasteiger partial charge in [-0.05, 0) is 5.19 Å². The van der Waals surface area contributed by atoms with Gasteiger partial charge >= 0.3 is 5.80 Å². The number of alkyl halides is 5. The lowest BCUT2D eigenvalue weighted by Gasteiger charge is -2.28. The fraction of sp³-hybridized carbons (Fsp3) is 0.333. The molecule has 0 amide bonds. The standard InChI is InChI=1S/C9H9F5Si/c1-15(8(10)11,9(12,13)14)7-5-3-2-4-6-7/h2-6,8H,1H3. The largest absolute Gasteiger partial charge is 0.372 e. The van der Waals surface area contributed by atoms with Gasteiger partial charge in [0, 0.05) is 0 Å². The van der Waals surface area contributed by atoms with Gasteiger partial charge in [0.1, 0.15) is 0 Å². The van der Waals surface area contributed by atoms with Crippen LogP contribution in [0.15, 0.2) is 30.3 Å². The van der Waals surface area contributed by atoms with Crippen LogP contribution in [0.1, 0.15) is 0 Å². The Morgan fingerprint density at radius 3 is 1.87 bits per heavy atom. The van der Waals surface area contributed by atoms with Crippen LogP contribution in [0.25, 0.3) is 0 Å². The molecule has 1 aromatic rings. The molecule has 0 bridgehead atoms. The summed E-state index contributed by atoms with van der Waals surface area (Å²) >= 11 is 0. The smallest absolute Gasteiger partial charge is 0.215 e. The number of hydrogen-bond donors (Lipinski definition) is 0. The Kier molecular flexibility index (Phi) is 3.18. The van der Waals surface area contributed by atoms with Crippen molar-refractivity contribution in [2.24, 2.45) is 0 Å². The minimum atomic E-state index is -4.83. The lowest BCUT2D eigenvalue weighted by molar-refractivity contribution is -0.0620. The first-order valence-corrected chi connectivity index (χ1v) is 6.78. The van der Waals surface area contributed by atoms with Crippen molar-refractivity contribution < 1.29 is 22.0 Å². The highest BCUT2D eigenvalue weighted by Gasteiger charge is 2.61. The Labute approximate surface area is 84.7 Å². The average Bonchev–Trinajstić information content (AvgIpc) is 2.16. The van der Waals surface area contributed by atoms with Crippen LogP contribution < -0.4 is 5.19 Å². The van der Waals surface area contributed by atoms with Crippen LogP contribution in [0, 0.1) is 0 Å². The minimum Gasteiger partial charge on any atom is -0.215 e. The molecule has 1 atom stereocenters. The van der Waals surface area contributed by atoms with E-state index >= 15 is 0 Å². The van der Waals surface area contributed by atoms with Gasteiger partial charge < -0.3 is 0 Å². The maximum atomic E-state index is 12.6. The monoisotopic (exact) mass is 240 g/mol. The Hall–Kier alpha value is -0.913. The van der Waals surface area contributed by atoms with Crippen LogP contribution in [-0.4, -0.2) is 19.9 Å². The zero-order valence-electron chi connectivity index (χ0n) is 7.85. The molecule has 0 nitrogen and oxygen atoms in total. The molecule has 0 aliphatic rings.